The predicted octanol–water partition coefficient (Wildman–Crippen LogP) is -0.865. The van der Waals surface area contributed by atoms with Gasteiger partial charge in [0.1, 0.15) is 6.04 Å². The summed E-state index contributed by atoms with van der Waals surface area (Å²) in [5, 5.41) is 5.22. The van der Waals surface area contributed by atoms with E-state index in [0.29, 0.717) is 26.2 Å². The molecule has 1 fully saturated rings. The zero-order valence-corrected chi connectivity index (χ0v) is 11.4. The molecule has 0 saturated carbocycles. The molecule has 1 heterocycles. The van der Waals surface area contributed by atoms with Crippen LogP contribution in [0.5, 0.6) is 0 Å². The number of nitrogens with zero attached hydrogens (tertiary/aromatic N) is 1. The van der Waals surface area contributed by atoms with Gasteiger partial charge in [-0.1, -0.05) is 0 Å². The molecule has 0 bridgehead atoms. The molecule has 2 N–H and O–H groups in total. The highest BCUT2D eigenvalue weighted by Crippen LogP contribution is 2.14. The van der Waals surface area contributed by atoms with Gasteiger partial charge >= 0.3 is 0 Å². The standard InChI is InChI=1S/C10H21N3O3S/c1-4-12-10(14)9-7-11-5-6-13(9)17(15,16)8(2)3/h8-9,11H,4-7H2,1-3H3,(H,12,14). The van der Waals surface area contributed by atoms with Crippen LogP contribution in [-0.4, -0.2) is 56.1 Å². The highest BCUT2D eigenvalue weighted by atomic mass is 32.2. The zero-order chi connectivity index (χ0) is 13.1. The lowest BCUT2D eigenvalue weighted by atomic mass is 10.2. The lowest BCUT2D eigenvalue weighted by Gasteiger charge is -2.35. The maximum atomic E-state index is 12.1. The number of hydrogen-bond donors (Lipinski definition) is 2. The Labute approximate surface area is 103 Å². The van der Waals surface area contributed by atoms with Gasteiger partial charge in [0.2, 0.25) is 15.9 Å². The molecule has 6 nitrogen and oxygen atoms in total. The van der Waals surface area contributed by atoms with Crippen LogP contribution in [0.15, 0.2) is 0 Å². The van der Waals surface area contributed by atoms with Gasteiger partial charge in [-0.2, -0.15) is 4.31 Å². The smallest absolute Gasteiger partial charge is 0.239 e. The molecule has 0 aromatic carbocycles. The predicted molar refractivity (Wildman–Crippen MR) is 66.1 cm³/mol. The minimum absolute atomic E-state index is 0.232. The van der Waals surface area contributed by atoms with Crippen LogP contribution in [0.25, 0.3) is 0 Å². The quantitative estimate of drug-likeness (QED) is 0.691. The van der Waals surface area contributed by atoms with Crippen LogP contribution in [-0.2, 0) is 14.8 Å². The monoisotopic (exact) mass is 263 g/mol. The van der Waals surface area contributed by atoms with E-state index < -0.39 is 21.3 Å². The lowest BCUT2D eigenvalue weighted by Crippen LogP contribution is -2.60. The third kappa shape index (κ3) is 3.17. The average molecular weight is 263 g/mol. The van der Waals surface area contributed by atoms with Crippen molar-refractivity contribution in [1.29, 1.82) is 0 Å². The van der Waals surface area contributed by atoms with Gasteiger partial charge in [0, 0.05) is 26.2 Å². The van der Waals surface area contributed by atoms with E-state index in [4.69, 9.17) is 0 Å². The van der Waals surface area contributed by atoms with E-state index in [1.165, 1.54) is 4.31 Å². The largest absolute Gasteiger partial charge is 0.355 e. The van der Waals surface area contributed by atoms with Gasteiger partial charge in [0.25, 0.3) is 0 Å². The van der Waals surface area contributed by atoms with E-state index in [2.05, 4.69) is 10.6 Å². The van der Waals surface area contributed by atoms with Gasteiger partial charge in [-0.3, -0.25) is 4.79 Å². The first-order valence-electron chi connectivity index (χ1n) is 5.90. The number of hydrogen-bond acceptors (Lipinski definition) is 4. The Hall–Kier alpha value is -0.660. The Morgan fingerprint density at radius 2 is 2.18 bits per heavy atom. The minimum Gasteiger partial charge on any atom is -0.355 e. The van der Waals surface area contributed by atoms with Crippen molar-refractivity contribution in [2.24, 2.45) is 0 Å². The third-order valence-corrected chi connectivity index (χ3v) is 5.05. The molecule has 0 aromatic rings. The molecular formula is C10H21N3O3S. The summed E-state index contributed by atoms with van der Waals surface area (Å²) in [7, 11) is -3.38. The van der Waals surface area contributed by atoms with Crippen LogP contribution in [0.2, 0.25) is 0 Å². The lowest BCUT2D eigenvalue weighted by molar-refractivity contribution is -0.125. The Morgan fingerprint density at radius 3 is 2.71 bits per heavy atom. The van der Waals surface area contributed by atoms with E-state index in [-0.39, 0.29) is 5.91 Å². The van der Waals surface area contributed by atoms with Crippen LogP contribution in [0.3, 0.4) is 0 Å². The Bertz CT molecular complexity index is 367. The molecule has 1 rings (SSSR count). The average Bonchev–Trinajstić information content (AvgIpc) is 2.29. The first-order valence-corrected chi connectivity index (χ1v) is 7.40. The van der Waals surface area contributed by atoms with E-state index in [1.54, 1.807) is 13.8 Å². The molecule has 1 saturated heterocycles. The zero-order valence-electron chi connectivity index (χ0n) is 10.6. The molecule has 1 amide bonds. The molecule has 17 heavy (non-hydrogen) atoms. The van der Waals surface area contributed by atoms with Crippen molar-refractivity contribution in [1.82, 2.24) is 14.9 Å². The second-order valence-corrected chi connectivity index (χ2v) is 6.76. The molecule has 100 valence electrons. The fraction of sp³-hybridized carbons (Fsp3) is 0.900. The third-order valence-electron chi connectivity index (χ3n) is 2.77. The number of carbonyl (C=O) groups is 1. The van der Waals surface area contributed by atoms with E-state index >= 15 is 0 Å². The van der Waals surface area contributed by atoms with Crippen LogP contribution >= 0.6 is 0 Å². The summed E-state index contributed by atoms with van der Waals surface area (Å²) in [5.74, 6) is -0.232. The normalized spacial score (nSPS) is 22.7. The first kappa shape index (κ1) is 14.4. The van der Waals surface area contributed by atoms with Crippen LogP contribution in [0, 0.1) is 0 Å². The van der Waals surface area contributed by atoms with Crippen LogP contribution in [0.4, 0.5) is 0 Å². The van der Waals surface area contributed by atoms with Gasteiger partial charge < -0.3 is 10.6 Å². The van der Waals surface area contributed by atoms with Gasteiger partial charge in [-0.05, 0) is 20.8 Å². The van der Waals surface area contributed by atoms with E-state index in [1.807, 2.05) is 6.92 Å². The van der Waals surface area contributed by atoms with Gasteiger partial charge in [0.05, 0.1) is 5.25 Å². The summed E-state index contributed by atoms with van der Waals surface area (Å²) in [6.45, 7) is 6.89. The van der Waals surface area contributed by atoms with Crippen molar-refractivity contribution in [2.75, 3.05) is 26.2 Å². The van der Waals surface area contributed by atoms with Crippen LogP contribution in [0.1, 0.15) is 20.8 Å². The van der Waals surface area contributed by atoms with Crippen molar-refractivity contribution in [3.63, 3.8) is 0 Å². The summed E-state index contributed by atoms with van der Waals surface area (Å²) >= 11 is 0. The molecule has 7 heteroatoms. The van der Waals surface area contributed by atoms with Gasteiger partial charge in [-0.15, -0.1) is 0 Å². The van der Waals surface area contributed by atoms with Crippen molar-refractivity contribution in [3.8, 4) is 0 Å². The van der Waals surface area contributed by atoms with Crippen molar-refractivity contribution >= 4 is 15.9 Å². The number of rotatable bonds is 4. The Balaban J connectivity index is 2.90. The minimum atomic E-state index is -3.38. The SMILES string of the molecule is CCNC(=O)C1CNCCN1S(=O)(=O)C(C)C. The van der Waals surface area contributed by atoms with Gasteiger partial charge in [-0.25, -0.2) is 8.42 Å². The number of nitrogens with one attached hydrogen (secondary N) is 2. The molecule has 0 aliphatic carbocycles. The number of sulfonamides is 1. The molecule has 1 aliphatic rings. The molecular weight excluding hydrogens is 242 g/mol. The summed E-state index contributed by atoms with van der Waals surface area (Å²) in [6, 6.07) is -0.629. The van der Waals surface area contributed by atoms with Gasteiger partial charge in [0.15, 0.2) is 0 Å². The Morgan fingerprint density at radius 1 is 1.53 bits per heavy atom. The maximum Gasteiger partial charge on any atom is 0.239 e. The highest BCUT2D eigenvalue weighted by Gasteiger charge is 2.37. The summed E-state index contributed by atoms with van der Waals surface area (Å²) in [6.07, 6.45) is 0. The molecule has 1 unspecified atom stereocenters. The Kier molecular flexibility index (Phi) is 4.91. The van der Waals surface area contributed by atoms with E-state index in [0.717, 1.165) is 0 Å². The fourth-order valence-electron chi connectivity index (χ4n) is 1.78. The second kappa shape index (κ2) is 5.79. The van der Waals surface area contributed by atoms with Crippen molar-refractivity contribution in [2.45, 2.75) is 32.1 Å². The number of carbonyl (C=O) groups excluding carboxylic acids is 1. The molecule has 0 aromatic heterocycles. The second-order valence-electron chi connectivity index (χ2n) is 4.32. The van der Waals surface area contributed by atoms with Crippen molar-refractivity contribution in [3.05, 3.63) is 0 Å². The van der Waals surface area contributed by atoms with E-state index in [9.17, 15) is 13.2 Å². The number of piperazine rings is 1. The molecule has 1 atom stereocenters. The fourth-order valence-corrected chi connectivity index (χ4v) is 3.19. The number of likely N-dealkylation sites (N-methyl/N-ethyl adjacent to an activating group) is 1. The summed E-state index contributed by atoms with van der Waals surface area (Å²) in [5.41, 5.74) is 0. The number of amides is 1. The highest BCUT2D eigenvalue weighted by molar-refractivity contribution is 7.89. The molecule has 0 spiro atoms. The summed E-state index contributed by atoms with van der Waals surface area (Å²) < 4.78 is 25.6. The van der Waals surface area contributed by atoms with Crippen molar-refractivity contribution < 1.29 is 13.2 Å². The maximum absolute atomic E-state index is 12.1. The topological polar surface area (TPSA) is 78.5 Å². The first-order chi connectivity index (χ1) is 7.91. The molecule has 0 radical (unpaired) electrons. The van der Waals surface area contributed by atoms with Crippen LogP contribution < -0.4 is 10.6 Å². The molecule has 1 aliphatic heterocycles. The summed E-state index contributed by atoms with van der Waals surface area (Å²) in [4.78, 5) is 11.8.